The molecule has 0 aliphatic heterocycles. The maximum absolute atomic E-state index is 13.0. The lowest BCUT2D eigenvalue weighted by Crippen LogP contribution is -2.38. The molecule has 0 radical (unpaired) electrons. The van der Waals surface area contributed by atoms with E-state index in [1.54, 1.807) is 30.3 Å². The van der Waals surface area contributed by atoms with Crippen LogP contribution in [0.2, 0.25) is 0 Å². The molecular formula is C19H22N3O3+. The number of hydrogen-bond donors (Lipinski definition) is 2. The predicted octanol–water partition coefficient (Wildman–Crippen LogP) is 1.71. The van der Waals surface area contributed by atoms with Crippen molar-refractivity contribution >= 4 is 22.9 Å². The van der Waals surface area contributed by atoms with Crippen LogP contribution in [0.3, 0.4) is 0 Å². The van der Waals surface area contributed by atoms with Crippen molar-refractivity contribution in [3.8, 4) is 5.75 Å². The van der Waals surface area contributed by atoms with Gasteiger partial charge >= 0.3 is 0 Å². The van der Waals surface area contributed by atoms with Crippen molar-refractivity contribution in [1.82, 2.24) is 0 Å². The fourth-order valence-electron chi connectivity index (χ4n) is 2.89. The number of quaternary nitrogens is 1. The molecule has 0 amide bonds. The third-order valence-electron chi connectivity index (χ3n) is 4.24. The van der Waals surface area contributed by atoms with Crippen molar-refractivity contribution in [2.75, 3.05) is 45.8 Å². The Labute approximate surface area is 146 Å². The lowest BCUT2D eigenvalue weighted by molar-refractivity contribution is -0.870. The highest BCUT2D eigenvalue weighted by molar-refractivity contribution is 6.32. The predicted molar refractivity (Wildman–Crippen MR) is 97.0 cm³/mol. The van der Waals surface area contributed by atoms with Crippen LogP contribution in [0.5, 0.6) is 5.75 Å². The number of carbonyl (C=O) groups excluding carboxylic acids is 2. The van der Waals surface area contributed by atoms with E-state index in [0.29, 0.717) is 12.4 Å². The Morgan fingerprint density at radius 1 is 0.880 bits per heavy atom. The van der Waals surface area contributed by atoms with Gasteiger partial charge in [-0.25, -0.2) is 0 Å². The van der Waals surface area contributed by atoms with Crippen molar-refractivity contribution < 1.29 is 18.8 Å². The van der Waals surface area contributed by atoms with Gasteiger partial charge in [-0.1, -0.05) is 12.1 Å². The lowest BCUT2D eigenvalue weighted by atomic mass is 9.82. The maximum Gasteiger partial charge on any atom is 0.200 e. The van der Waals surface area contributed by atoms with Gasteiger partial charge in [-0.15, -0.1) is 0 Å². The lowest BCUT2D eigenvalue weighted by Gasteiger charge is -2.25. The summed E-state index contributed by atoms with van der Waals surface area (Å²) < 4.78 is 6.55. The van der Waals surface area contributed by atoms with Gasteiger partial charge in [-0.2, -0.15) is 0 Å². The third kappa shape index (κ3) is 2.96. The molecule has 1 aliphatic rings. The van der Waals surface area contributed by atoms with E-state index in [-0.39, 0.29) is 45.2 Å². The molecule has 25 heavy (non-hydrogen) atoms. The number of rotatable bonds is 4. The van der Waals surface area contributed by atoms with Gasteiger partial charge < -0.3 is 20.7 Å². The van der Waals surface area contributed by atoms with E-state index >= 15 is 0 Å². The number of carbonyl (C=O) groups is 2. The molecule has 0 aromatic heterocycles. The van der Waals surface area contributed by atoms with Gasteiger partial charge in [0.05, 0.1) is 37.8 Å². The standard InChI is InChI=1S/C19H21N3O3/c1-22(2,3)9-10-25-14-8-7-13(21)16-17(14)19(24)15-11(18(16)23)5-4-6-12(15)20/h4-8H,9-10H2,1-3H3,(H3-,20,21,23,24)/p+1. The van der Waals surface area contributed by atoms with Gasteiger partial charge in [-0.3, -0.25) is 9.59 Å². The number of benzene rings is 2. The van der Waals surface area contributed by atoms with E-state index in [2.05, 4.69) is 0 Å². The number of likely N-dealkylation sites (N-methyl/N-ethyl adjacent to an activating group) is 1. The second-order valence-electron chi connectivity index (χ2n) is 7.19. The summed E-state index contributed by atoms with van der Waals surface area (Å²) in [5.74, 6) is -0.258. The van der Waals surface area contributed by atoms with E-state index in [1.807, 2.05) is 21.1 Å². The number of fused-ring (bicyclic) bond motifs is 2. The summed E-state index contributed by atoms with van der Waals surface area (Å²) >= 11 is 0. The highest BCUT2D eigenvalue weighted by Gasteiger charge is 2.35. The fourth-order valence-corrected chi connectivity index (χ4v) is 2.89. The first-order valence-electron chi connectivity index (χ1n) is 8.04. The average Bonchev–Trinajstić information content (AvgIpc) is 2.52. The molecule has 6 heteroatoms. The molecule has 2 aromatic rings. The van der Waals surface area contributed by atoms with Crippen molar-refractivity contribution in [1.29, 1.82) is 0 Å². The zero-order chi connectivity index (χ0) is 18.4. The Morgan fingerprint density at radius 2 is 1.56 bits per heavy atom. The average molecular weight is 340 g/mol. The molecule has 0 fully saturated rings. The van der Waals surface area contributed by atoms with Crippen LogP contribution in [0.4, 0.5) is 11.4 Å². The SMILES string of the molecule is C[N+](C)(C)CCOc1ccc(N)c2c1C(=O)c1c(N)cccc1C2=O. The van der Waals surface area contributed by atoms with E-state index in [4.69, 9.17) is 16.2 Å². The first kappa shape index (κ1) is 17.0. The number of ketones is 2. The molecule has 6 nitrogen and oxygen atoms in total. The summed E-state index contributed by atoms with van der Waals surface area (Å²) in [6.45, 7) is 1.17. The Balaban J connectivity index is 2.08. The summed E-state index contributed by atoms with van der Waals surface area (Å²) in [6, 6.07) is 8.10. The molecule has 0 atom stereocenters. The first-order valence-corrected chi connectivity index (χ1v) is 8.04. The highest BCUT2D eigenvalue weighted by Crippen LogP contribution is 2.38. The molecule has 2 aromatic carbocycles. The van der Waals surface area contributed by atoms with Crippen LogP contribution < -0.4 is 16.2 Å². The fraction of sp³-hybridized carbons (Fsp3) is 0.263. The van der Waals surface area contributed by atoms with Gasteiger partial charge in [0.1, 0.15) is 18.9 Å². The molecule has 130 valence electrons. The molecule has 0 saturated carbocycles. The summed E-state index contributed by atoms with van der Waals surface area (Å²) in [4.78, 5) is 25.9. The second-order valence-corrected chi connectivity index (χ2v) is 7.19. The van der Waals surface area contributed by atoms with Crippen LogP contribution in [-0.4, -0.2) is 50.3 Å². The molecule has 0 spiro atoms. The van der Waals surface area contributed by atoms with Crippen molar-refractivity contribution in [2.45, 2.75) is 0 Å². The van der Waals surface area contributed by atoms with Crippen molar-refractivity contribution in [3.63, 3.8) is 0 Å². The molecule has 0 bridgehead atoms. The molecule has 3 rings (SSSR count). The minimum atomic E-state index is -0.324. The number of ether oxygens (including phenoxy) is 1. The Bertz CT molecular complexity index is 882. The van der Waals surface area contributed by atoms with Crippen LogP contribution >= 0.6 is 0 Å². The van der Waals surface area contributed by atoms with Crippen molar-refractivity contribution in [2.24, 2.45) is 0 Å². The monoisotopic (exact) mass is 340 g/mol. The summed E-state index contributed by atoms with van der Waals surface area (Å²) in [5, 5.41) is 0. The van der Waals surface area contributed by atoms with Crippen molar-refractivity contribution in [3.05, 3.63) is 52.6 Å². The zero-order valence-corrected chi connectivity index (χ0v) is 14.6. The highest BCUT2D eigenvalue weighted by atomic mass is 16.5. The van der Waals surface area contributed by atoms with Gasteiger partial charge in [0.15, 0.2) is 11.6 Å². The molecular weight excluding hydrogens is 318 g/mol. The first-order chi connectivity index (χ1) is 11.7. The van der Waals surface area contributed by atoms with Crippen LogP contribution in [-0.2, 0) is 0 Å². The minimum absolute atomic E-state index is 0.200. The van der Waals surface area contributed by atoms with E-state index in [0.717, 1.165) is 11.0 Å². The van der Waals surface area contributed by atoms with Gasteiger partial charge in [0.2, 0.25) is 0 Å². The van der Waals surface area contributed by atoms with Crippen LogP contribution in [0.25, 0.3) is 0 Å². The minimum Gasteiger partial charge on any atom is -0.487 e. The van der Waals surface area contributed by atoms with Gasteiger partial charge in [-0.05, 0) is 18.2 Å². The van der Waals surface area contributed by atoms with Gasteiger partial charge in [0, 0.05) is 16.9 Å². The molecule has 0 unspecified atom stereocenters. The van der Waals surface area contributed by atoms with E-state index < -0.39 is 0 Å². The van der Waals surface area contributed by atoms with Gasteiger partial charge in [0.25, 0.3) is 0 Å². The summed E-state index contributed by atoms with van der Waals surface area (Å²) in [6.07, 6.45) is 0. The number of nitrogens with two attached hydrogens (primary N) is 2. The second kappa shape index (κ2) is 5.89. The maximum atomic E-state index is 13.0. The largest absolute Gasteiger partial charge is 0.487 e. The number of nitrogens with zero attached hydrogens (tertiary/aromatic N) is 1. The number of nitrogen functional groups attached to an aromatic ring is 2. The molecule has 0 heterocycles. The number of anilines is 2. The smallest absolute Gasteiger partial charge is 0.200 e. The van der Waals surface area contributed by atoms with Crippen LogP contribution in [0, 0.1) is 0 Å². The molecule has 1 aliphatic carbocycles. The normalized spacial score (nSPS) is 13.4. The van der Waals surface area contributed by atoms with E-state index in [1.165, 1.54) is 0 Å². The number of hydrogen-bond acceptors (Lipinski definition) is 5. The Morgan fingerprint density at radius 3 is 2.24 bits per heavy atom. The Hall–Kier alpha value is -2.86. The summed E-state index contributed by atoms with van der Waals surface area (Å²) in [5.41, 5.74) is 13.4. The molecule has 4 N–H and O–H groups in total. The zero-order valence-electron chi connectivity index (χ0n) is 14.6. The van der Waals surface area contributed by atoms with Crippen LogP contribution in [0.1, 0.15) is 31.8 Å². The summed E-state index contributed by atoms with van der Waals surface area (Å²) in [7, 11) is 6.15. The van der Waals surface area contributed by atoms with Crippen LogP contribution in [0.15, 0.2) is 30.3 Å². The van der Waals surface area contributed by atoms with E-state index in [9.17, 15) is 9.59 Å². The molecule has 0 saturated heterocycles. The topological polar surface area (TPSA) is 95.4 Å². The quantitative estimate of drug-likeness (QED) is 0.557. The third-order valence-corrected chi connectivity index (χ3v) is 4.24. The Kier molecular flexibility index (Phi) is 4.00.